The van der Waals surface area contributed by atoms with Gasteiger partial charge in [-0.05, 0) is 25.3 Å². The lowest BCUT2D eigenvalue weighted by Crippen LogP contribution is -2.44. The summed E-state index contributed by atoms with van der Waals surface area (Å²) in [6.45, 7) is 6.36. The minimum atomic E-state index is 0.667. The number of methoxy groups -OCH3 is 1. The summed E-state index contributed by atoms with van der Waals surface area (Å²) in [7, 11) is 1.74. The van der Waals surface area contributed by atoms with Gasteiger partial charge in [-0.15, -0.1) is 0 Å². The summed E-state index contributed by atoms with van der Waals surface area (Å²) in [5, 5.41) is 6.91. The van der Waals surface area contributed by atoms with Crippen LogP contribution in [0.1, 0.15) is 19.8 Å². The van der Waals surface area contributed by atoms with E-state index in [2.05, 4.69) is 17.6 Å². The number of rotatable bonds is 5. The lowest BCUT2D eigenvalue weighted by molar-refractivity contribution is 0.196. The average molecular weight is 186 g/mol. The van der Waals surface area contributed by atoms with Crippen LogP contribution < -0.4 is 10.6 Å². The zero-order valence-corrected chi connectivity index (χ0v) is 8.81. The molecule has 1 aliphatic heterocycles. The van der Waals surface area contributed by atoms with Gasteiger partial charge in [0.15, 0.2) is 0 Å². The van der Waals surface area contributed by atoms with Gasteiger partial charge in [0.1, 0.15) is 0 Å². The minimum absolute atomic E-state index is 0.667. The van der Waals surface area contributed by atoms with E-state index in [0.29, 0.717) is 6.04 Å². The van der Waals surface area contributed by atoms with Crippen molar-refractivity contribution in [3.05, 3.63) is 0 Å². The highest BCUT2D eigenvalue weighted by molar-refractivity contribution is 4.77. The molecule has 1 fully saturated rings. The molecule has 0 spiro atoms. The van der Waals surface area contributed by atoms with E-state index in [9.17, 15) is 0 Å². The first-order chi connectivity index (χ1) is 6.33. The zero-order chi connectivity index (χ0) is 9.52. The van der Waals surface area contributed by atoms with Crippen LogP contribution in [0.4, 0.5) is 0 Å². The maximum Gasteiger partial charge on any atom is 0.0587 e. The number of nitrogens with one attached hydrogen (secondary N) is 2. The van der Waals surface area contributed by atoms with Gasteiger partial charge in [-0.3, -0.25) is 0 Å². The maximum absolute atomic E-state index is 4.97. The second kappa shape index (κ2) is 6.35. The SMILES string of the molecule is COCCNCC1CC(C)CCN1. The Balaban J connectivity index is 2.00. The van der Waals surface area contributed by atoms with Crippen molar-refractivity contribution < 1.29 is 4.74 Å². The standard InChI is InChI=1S/C10H22N2O/c1-9-3-4-12-10(7-9)8-11-5-6-13-2/h9-12H,3-8H2,1-2H3. The molecule has 1 aliphatic rings. The highest BCUT2D eigenvalue weighted by Gasteiger charge is 2.16. The molecule has 2 N–H and O–H groups in total. The molecule has 0 aliphatic carbocycles. The third-order valence-corrected chi connectivity index (χ3v) is 2.63. The molecule has 1 saturated heterocycles. The Hall–Kier alpha value is -0.120. The van der Waals surface area contributed by atoms with Crippen molar-refractivity contribution in [3.8, 4) is 0 Å². The van der Waals surface area contributed by atoms with Crippen molar-refractivity contribution in [2.45, 2.75) is 25.8 Å². The van der Waals surface area contributed by atoms with Crippen LogP contribution in [0.15, 0.2) is 0 Å². The van der Waals surface area contributed by atoms with Crippen LogP contribution in [0.25, 0.3) is 0 Å². The maximum atomic E-state index is 4.97. The molecular weight excluding hydrogens is 164 g/mol. The van der Waals surface area contributed by atoms with Crippen molar-refractivity contribution in [2.75, 3.05) is 33.4 Å². The average Bonchev–Trinajstić information content (AvgIpc) is 2.13. The Morgan fingerprint density at radius 3 is 3.08 bits per heavy atom. The van der Waals surface area contributed by atoms with Crippen LogP contribution in [0.5, 0.6) is 0 Å². The molecule has 1 rings (SSSR count). The lowest BCUT2D eigenvalue weighted by Gasteiger charge is -2.28. The first-order valence-corrected chi connectivity index (χ1v) is 5.26. The molecule has 0 aromatic carbocycles. The molecule has 3 heteroatoms. The normalized spacial score (nSPS) is 29.1. The quantitative estimate of drug-likeness (QED) is 0.617. The van der Waals surface area contributed by atoms with Gasteiger partial charge < -0.3 is 15.4 Å². The highest BCUT2D eigenvalue weighted by atomic mass is 16.5. The summed E-state index contributed by atoms with van der Waals surface area (Å²) in [5.41, 5.74) is 0. The smallest absolute Gasteiger partial charge is 0.0587 e. The van der Waals surface area contributed by atoms with Gasteiger partial charge in [-0.2, -0.15) is 0 Å². The summed E-state index contributed by atoms with van der Waals surface area (Å²) < 4.78 is 4.97. The van der Waals surface area contributed by atoms with Crippen molar-refractivity contribution in [1.29, 1.82) is 0 Å². The Bertz CT molecular complexity index is 130. The van der Waals surface area contributed by atoms with Gasteiger partial charge in [0.2, 0.25) is 0 Å². The van der Waals surface area contributed by atoms with E-state index in [1.807, 2.05) is 0 Å². The number of ether oxygens (including phenoxy) is 1. The topological polar surface area (TPSA) is 33.3 Å². The summed E-state index contributed by atoms with van der Waals surface area (Å²) in [6.07, 6.45) is 2.63. The van der Waals surface area contributed by atoms with Gasteiger partial charge in [-0.1, -0.05) is 6.92 Å². The van der Waals surface area contributed by atoms with Crippen molar-refractivity contribution in [2.24, 2.45) is 5.92 Å². The van der Waals surface area contributed by atoms with Crippen molar-refractivity contribution in [1.82, 2.24) is 10.6 Å². The fraction of sp³-hybridized carbons (Fsp3) is 1.00. The molecule has 0 aromatic heterocycles. The van der Waals surface area contributed by atoms with E-state index >= 15 is 0 Å². The Morgan fingerprint density at radius 1 is 1.54 bits per heavy atom. The molecule has 3 nitrogen and oxygen atoms in total. The minimum Gasteiger partial charge on any atom is -0.383 e. The molecular formula is C10H22N2O. The predicted molar refractivity (Wildman–Crippen MR) is 54.9 cm³/mol. The first-order valence-electron chi connectivity index (χ1n) is 5.26. The van der Waals surface area contributed by atoms with Crippen LogP contribution in [0.2, 0.25) is 0 Å². The van der Waals surface area contributed by atoms with E-state index in [1.54, 1.807) is 7.11 Å². The Kier molecular flexibility index (Phi) is 5.35. The lowest BCUT2D eigenvalue weighted by atomic mass is 9.94. The molecule has 0 aromatic rings. The molecule has 0 saturated carbocycles. The Morgan fingerprint density at radius 2 is 2.38 bits per heavy atom. The summed E-state index contributed by atoms with van der Waals surface area (Å²) in [5.74, 6) is 0.885. The van der Waals surface area contributed by atoms with Crippen LogP contribution in [-0.4, -0.2) is 39.4 Å². The monoisotopic (exact) mass is 186 g/mol. The molecule has 13 heavy (non-hydrogen) atoms. The highest BCUT2D eigenvalue weighted by Crippen LogP contribution is 2.14. The summed E-state index contributed by atoms with van der Waals surface area (Å²) >= 11 is 0. The first kappa shape index (κ1) is 11.0. The van der Waals surface area contributed by atoms with E-state index in [4.69, 9.17) is 4.74 Å². The number of piperidine rings is 1. The predicted octanol–water partition coefficient (Wildman–Crippen LogP) is 0.610. The van der Waals surface area contributed by atoms with E-state index in [0.717, 1.165) is 25.6 Å². The van der Waals surface area contributed by atoms with Gasteiger partial charge in [0.25, 0.3) is 0 Å². The van der Waals surface area contributed by atoms with Crippen molar-refractivity contribution in [3.63, 3.8) is 0 Å². The fourth-order valence-electron chi connectivity index (χ4n) is 1.83. The third-order valence-electron chi connectivity index (χ3n) is 2.63. The van der Waals surface area contributed by atoms with Crippen molar-refractivity contribution >= 4 is 0 Å². The van der Waals surface area contributed by atoms with E-state index < -0.39 is 0 Å². The molecule has 1 heterocycles. The number of hydrogen-bond acceptors (Lipinski definition) is 3. The second-order valence-corrected chi connectivity index (χ2v) is 3.98. The number of hydrogen-bond donors (Lipinski definition) is 2. The van der Waals surface area contributed by atoms with E-state index in [-0.39, 0.29) is 0 Å². The van der Waals surface area contributed by atoms with Gasteiger partial charge in [0.05, 0.1) is 6.61 Å². The molecule has 2 unspecified atom stereocenters. The van der Waals surface area contributed by atoms with Crippen LogP contribution >= 0.6 is 0 Å². The molecule has 0 bridgehead atoms. The Labute approximate surface area is 81.2 Å². The van der Waals surface area contributed by atoms with Crippen LogP contribution in [-0.2, 0) is 4.74 Å². The van der Waals surface area contributed by atoms with Gasteiger partial charge >= 0.3 is 0 Å². The molecule has 0 radical (unpaired) electrons. The summed E-state index contributed by atoms with van der Waals surface area (Å²) in [4.78, 5) is 0. The second-order valence-electron chi connectivity index (χ2n) is 3.98. The van der Waals surface area contributed by atoms with E-state index in [1.165, 1.54) is 19.4 Å². The molecule has 78 valence electrons. The largest absolute Gasteiger partial charge is 0.383 e. The molecule has 0 amide bonds. The third kappa shape index (κ3) is 4.60. The summed E-state index contributed by atoms with van der Waals surface area (Å²) in [6, 6.07) is 0.667. The van der Waals surface area contributed by atoms with Gasteiger partial charge in [-0.25, -0.2) is 0 Å². The van der Waals surface area contributed by atoms with Gasteiger partial charge in [0, 0.05) is 26.2 Å². The fourth-order valence-corrected chi connectivity index (χ4v) is 1.83. The zero-order valence-electron chi connectivity index (χ0n) is 8.81. The van der Waals surface area contributed by atoms with Crippen LogP contribution in [0, 0.1) is 5.92 Å². The van der Waals surface area contributed by atoms with Crippen LogP contribution in [0.3, 0.4) is 0 Å². The molecule has 2 atom stereocenters.